The summed E-state index contributed by atoms with van der Waals surface area (Å²) in [4.78, 5) is 16.5. The number of nitrogens with zero attached hydrogens (tertiary/aromatic N) is 4. The average molecular weight is 522 g/mol. The molecule has 0 aromatic carbocycles. The Morgan fingerprint density at radius 2 is 1.77 bits per heavy atom. The minimum atomic E-state index is 0.0152. The van der Waals surface area contributed by atoms with Gasteiger partial charge in [-0.3, -0.25) is 0 Å². The first-order valence-electron chi connectivity index (χ1n) is 12.9. The molecule has 2 aliphatic rings. The first-order chi connectivity index (χ1) is 16.1. The van der Waals surface area contributed by atoms with Gasteiger partial charge in [-0.2, -0.15) is 0 Å². The van der Waals surface area contributed by atoms with E-state index < -0.39 is 0 Å². The minimum Gasteiger partial charge on any atom is -0.348 e. The van der Waals surface area contributed by atoms with Crippen molar-refractivity contribution in [3.8, 4) is 0 Å². The summed E-state index contributed by atoms with van der Waals surface area (Å²) in [6, 6.07) is 0.915. The summed E-state index contributed by atoms with van der Waals surface area (Å²) in [6.07, 6.45) is 7.24. The Kier molecular flexibility index (Phi) is 7.21. The second-order valence-electron chi connectivity index (χ2n) is 13.0. The smallest absolute Gasteiger partial charge is 0.223 e. The number of aromatic nitrogens is 3. The van der Waals surface area contributed by atoms with E-state index >= 15 is 0 Å². The van der Waals surface area contributed by atoms with Gasteiger partial charge in [0.25, 0.3) is 0 Å². The van der Waals surface area contributed by atoms with E-state index in [1.165, 1.54) is 0 Å². The number of hydrogen-bond donors (Lipinski definition) is 3. The topological polar surface area (TPSA) is 78.0 Å². The van der Waals surface area contributed by atoms with Crippen LogP contribution in [0.25, 0.3) is 10.3 Å². The second-order valence-corrected chi connectivity index (χ2v) is 14.3. The average Bonchev–Trinajstić information content (AvgIpc) is 3.13. The Morgan fingerprint density at radius 3 is 2.46 bits per heavy atom. The van der Waals surface area contributed by atoms with Crippen LogP contribution in [0.3, 0.4) is 0 Å². The van der Waals surface area contributed by atoms with E-state index in [1.807, 2.05) is 0 Å². The lowest BCUT2D eigenvalue weighted by Gasteiger charge is -2.55. The molecule has 2 aliphatic heterocycles. The zero-order valence-corrected chi connectivity index (χ0v) is 24.5. The van der Waals surface area contributed by atoms with Crippen LogP contribution in [0.5, 0.6) is 0 Å². The van der Waals surface area contributed by atoms with E-state index in [0.29, 0.717) is 18.0 Å². The third kappa shape index (κ3) is 5.93. The van der Waals surface area contributed by atoms with E-state index in [-0.39, 0.29) is 27.4 Å². The highest BCUT2D eigenvalue weighted by molar-refractivity contribution is 7.21. The molecule has 4 heterocycles. The van der Waals surface area contributed by atoms with E-state index in [9.17, 15) is 0 Å². The van der Waals surface area contributed by atoms with Crippen LogP contribution in [0.15, 0.2) is 6.20 Å². The molecule has 5 unspecified atom stereocenters. The fourth-order valence-electron chi connectivity index (χ4n) is 7.02. The van der Waals surface area contributed by atoms with Crippen LogP contribution in [0, 0.1) is 5.92 Å². The summed E-state index contributed by atoms with van der Waals surface area (Å²) in [5.74, 6) is 0.509. The van der Waals surface area contributed by atoms with Crippen molar-refractivity contribution in [1.82, 2.24) is 30.9 Å². The van der Waals surface area contributed by atoms with Crippen molar-refractivity contribution in [2.45, 2.75) is 115 Å². The molecule has 2 aromatic rings. The molecular weight excluding hydrogens is 478 g/mol. The molecular formula is C26H44ClN7S. The van der Waals surface area contributed by atoms with Gasteiger partial charge >= 0.3 is 0 Å². The summed E-state index contributed by atoms with van der Waals surface area (Å²) in [6.45, 7) is 16.6. The maximum atomic E-state index is 6.02. The molecule has 2 aromatic heterocycles. The Morgan fingerprint density at radius 1 is 1.09 bits per heavy atom. The molecule has 0 saturated carbocycles. The lowest BCUT2D eigenvalue weighted by atomic mass is 9.67. The largest absolute Gasteiger partial charge is 0.348 e. The number of thiazole rings is 1. The van der Waals surface area contributed by atoms with Crippen molar-refractivity contribution in [2.75, 3.05) is 19.0 Å². The molecule has 4 rings (SSSR count). The maximum absolute atomic E-state index is 6.02. The molecule has 0 radical (unpaired) electrons. The first kappa shape index (κ1) is 27.0. The van der Waals surface area contributed by atoms with Crippen molar-refractivity contribution in [3.63, 3.8) is 0 Å². The molecule has 0 amide bonds. The van der Waals surface area contributed by atoms with Crippen molar-refractivity contribution in [3.05, 3.63) is 11.5 Å². The van der Waals surface area contributed by atoms with Crippen LogP contribution in [0.2, 0.25) is 5.28 Å². The van der Waals surface area contributed by atoms with Crippen LogP contribution < -0.4 is 20.9 Å². The van der Waals surface area contributed by atoms with Gasteiger partial charge in [0.2, 0.25) is 5.28 Å². The Hall–Kier alpha value is -1.06. The van der Waals surface area contributed by atoms with Crippen LogP contribution >= 0.6 is 22.9 Å². The van der Waals surface area contributed by atoms with Crippen molar-refractivity contribution in [1.29, 1.82) is 0 Å². The molecule has 2 fully saturated rings. The number of hydrogen-bond acceptors (Lipinski definition) is 8. The number of rotatable bonds is 6. The molecule has 7 nitrogen and oxygen atoms in total. The molecule has 196 valence electrons. The van der Waals surface area contributed by atoms with Crippen molar-refractivity contribution in [2.24, 2.45) is 5.92 Å². The van der Waals surface area contributed by atoms with Gasteiger partial charge < -0.3 is 20.9 Å². The lowest BCUT2D eigenvalue weighted by molar-refractivity contribution is 0.0549. The monoisotopic (exact) mass is 521 g/mol. The van der Waals surface area contributed by atoms with Crippen LogP contribution in [0.1, 0.15) is 80.6 Å². The zero-order valence-electron chi connectivity index (χ0n) is 22.9. The van der Waals surface area contributed by atoms with Gasteiger partial charge in [0.05, 0.1) is 6.20 Å². The summed E-state index contributed by atoms with van der Waals surface area (Å²) >= 11 is 7.61. The summed E-state index contributed by atoms with van der Waals surface area (Å²) < 4.78 is 0. The predicted molar refractivity (Wildman–Crippen MR) is 149 cm³/mol. The molecule has 35 heavy (non-hydrogen) atoms. The van der Waals surface area contributed by atoms with E-state index in [1.54, 1.807) is 17.5 Å². The quantitative estimate of drug-likeness (QED) is 0.461. The third-order valence-corrected chi connectivity index (χ3v) is 9.57. The van der Waals surface area contributed by atoms with E-state index in [2.05, 4.69) is 93.4 Å². The summed E-state index contributed by atoms with van der Waals surface area (Å²) in [5.41, 5.74) is 1.05. The summed E-state index contributed by atoms with van der Waals surface area (Å²) in [7, 11) is 4.28. The molecule has 2 saturated heterocycles. The SMILES string of the molecule is CNC1CC(C)(C)NC(C)(C(C)CC2(C)CC(N(C)c3nc4cnc(Cl)nc4s3)CC(C)(C)N2)C1. The number of piperidine rings is 2. The van der Waals surface area contributed by atoms with Crippen LogP contribution in [0.4, 0.5) is 5.13 Å². The highest BCUT2D eigenvalue weighted by atomic mass is 35.5. The van der Waals surface area contributed by atoms with E-state index in [4.69, 9.17) is 16.6 Å². The van der Waals surface area contributed by atoms with Gasteiger partial charge in [-0.15, -0.1) is 0 Å². The van der Waals surface area contributed by atoms with Gasteiger partial charge in [-0.25, -0.2) is 15.0 Å². The standard InChI is InChI=1S/C26H44ClN7S/c1-16(26(7)12-17(28-8)11-23(2,3)33-26)10-25(6)14-18(13-24(4,5)32-25)34(9)22-30-19-15-29-21(27)31-20(19)35-22/h15-18,28,32-33H,10-14H2,1-9H3. The van der Waals surface area contributed by atoms with Gasteiger partial charge in [0.15, 0.2) is 5.13 Å². The maximum Gasteiger partial charge on any atom is 0.223 e. The Labute approximate surface area is 220 Å². The van der Waals surface area contributed by atoms with Crippen molar-refractivity contribution >= 4 is 38.4 Å². The number of anilines is 1. The van der Waals surface area contributed by atoms with Crippen LogP contribution in [-0.4, -0.2) is 63.3 Å². The molecule has 0 bridgehead atoms. The Bertz CT molecular complexity index is 1060. The van der Waals surface area contributed by atoms with E-state index in [0.717, 1.165) is 47.6 Å². The van der Waals surface area contributed by atoms with Gasteiger partial charge in [-0.1, -0.05) is 18.3 Å². The molecule has 5 atom stereocenters. The van der Waals surface area contributed by atoms with Gasteiger partial charge in [0, 0.05) is 41.3 Å². The van der Waals surface area contributed by atoms with Gasteiger partial charge in [0.1, 0.15) is 10.3 Å². The fraction of sp³-hybridized carbons (Fsp3) is 0.808. The van der Waals surface area contributed by atoms with Gasteiger partial charge in [-0.05, 0) is 98.2 Å². The highest BCUT2D eigenvalue weighted by Crippen LogP contribution is 2.42. The first-order valence-corrected chi connectivity index (χ1v) is 14.1. The molecule has 9 heteroatoms. The lowest BCUT2D eigenvalue weighted by Crippen LogP contribution is -2.68. The minimum absolute atomic E-state index is 0.0152. The molecule has 0 spiro atoms. The fourth-order valence-corrected chi connectivity index (χ4v) is 8.15. The normalized spacial score (nSPS) is 33.5. The second kappa shape index (κ2) is 9.35. The third-order valence-electron chi connectivity index (χ3n) is 8.34. The number of fused-ring (bicyclic) bond motifs is 1. The molecule has 0 aliphatic carbocycles. The zero-order chi connectivity index (χ0) is 25.8. The number of halogens is 1. The Balaban J connectivity index is 1.54. The van der Waals surface area contributed by atoms with Crippen LogP contribution in [-0.2, 0) is 0 Å². The molecule has 3 N–H and O–H groups in total. The van der Waals surface area contributed by atoms with Crippen molar-refractivity contribution < 1.29 is 0 Å². The number of nitrogens with one attached hydrogen (secondary N) is 3. The predicted octanol–water partition coefficient (Wildman–Crippen LogP) is 5.00. The summed E-state index contributed by atoms with van der Waals surface area (Å²) in [5, 5.41) is 12.9. The highest BCUT2D eigenvalue weighted by Gasteiger charge is 2.48.